The Hall–Kier alpha value is -3.10. The first-order valence-corrected chi connectivity index (χ1v) is 6.36. The molecule has 2 aromatic rings. The molecule has 0 fully saturated rings. The minimum Gasteiger partial charge on any atom is -0.286 e. The quantitative estimate of drug-likeness (QED) is 0.325. The molecule has 5 heteroatoms. The Balaban J connectivity index is 2.11. The summed E-state index contributed by atoms with van der Waals surface area (Å²) in [5.74, 6) is 6.26. The van der Waals surface area contributed by atoms with Crippen LogP contribution in [0.3, 0.4) is 0 Å². The fourth-order valence-electron chi connectivity index (χ4n) is 1.72. The van der Waals surface area contributed by atoms with Gasteiger partial charge in [-0.1, -0.05) is 36.4 Å². The molecule has 0 radical (unpaired) electrons. The zero-order valence-corrected chi connectivity index (χ0v) is 11.4. The number of nitriles is 1. The van der Waals surface area contributed by atoms with Crippen LogP contribution in [-0.4, -0.2) is 5.84 Å². The van der Waals surface area contributed by atoms with Crippen molar-refractivity contribution in [2.75, 3.05) is 5.12 Å². The lowest BCUT2D eigenvalue weighted by molar-refractivity contribution is -0.474. The van der Waals surface area contributed by atoms with Gasteiger partial charge in [0, 0.05) is 6.08 Å². The Morgan fingerprint density at radius 2 is 1.90 bits per heavy atom. The monoisotopic (exact) mass is 278 g/mol. The molecule has 0 saturated carbocycles. The second-order valence-electron chi connectivity index (χ2n) is 4.34. The van der Waals surface area contributed by atoms with Crippen molar-refractivity contribution in [3.63, 3.8) is 0 Å². The Morgan fingerprint density at radius 3 is 2.62 bits per heavy atom. The number of hydrazine groups is 2. The van der Waals surface area contributed by atoms with E-state index in [-0.39, 0.29) is 0 Å². The summed E-state index contributed by atoms with van der Waals surface area (Å²) in [4.78, 5) is 0. The van der Waals surface area contributed by atoms with Crippen molar-refractivity contribution in [3.05, 3.63) is 71.8 Å². The summed E-state index contributed by atoms with van der Waals surface area (Å²) < 4.78 is 0. The Bertz CT molecular complexity index is 698. The Labute approximate surface area is 123 Å². The summed E-state index contributed by atoms with van der Waals surface area (Å²) in [7, 11) is 0. The molecule has 0 spiro atoms. The van der Waals surface area contributed by atoms with Gasteiger partial charge in [-0.05, 0) is 29.8 Å². The van der Waals surface area contributed by atoms with Crippen LogP contribution in [0, 0.1) is 11.3 Å². The van der Waals surface area contributed by atoms with Crippen LogP contribution in [0.5, 0.6) is 0 Å². The van der Waals surface area contributed by atoms with Crippen LogP contribution >= 0.6 is 0 Å². The number of nitrogens with two attached hydrogens (primary N) is 2. The van der Waals surface area contributed by atoms with Crippen LogP contribution in [0.4, 0.5) is 5.69 Å². The molecule has 0 unspecified atom stereocenters. The molecule has 21 heavy (non-hydrogen) atoms. The predicted octanol–water partition coefficient (Wildman–Crippen LogP) is 0.305. The van der Waals surface area contributed by atoms with Crippen molar-refractivity contribution in [2.45, 2.75) is 0 Å². The Morgan fingerprint density at radius 1 is 1.14 bits per heavy atom. The van der Waals surface area contributed by atoms with Crippen molar-refractivity contribution in [1.82, 2.24) is 0 Å². The van der Waals surface area contributed by atoms with Crippen LogP contribution in [-0.2, 0) is 0 Å². The van der Waals surface area contributed by atoms with Crippen LogP contribution in [0.2, 0.25) is 0 Å². The standard InChI is InChI=1S/C16H15N5/c17-12-14-7-4-8-15(11-14)21(19)20-16(18)10-9-13-5-2-1-3-6-13/h1-11H,19H2,(H2,18,20)/p+1/b10-9+. The molecule has 0 aromatic heterocycles. The lowest BCUT2D eigenvalue weighted by atomic mass is 10.2. The highest BCUT2D eigenvalue weighted by molar-refractivity contribution is 5.90. The molecule has 2 rings (SSSR count). The molecule has 0 atom stereocenters. The van der Waals surface area contributed by atoms with Crippen LogP contribution < -0.4 is 21.8 Å². The number of rotatable bonds is 4. The summed E-state index contributed by atoms with van der Waals surface area (Å²) in [6.07, 6.45) is 3.60. The van der Waals surface area contributed by atoms with Gasteiger partial charge in [0.2, 0.25) is 0 Å². The van der Waals surface area contributed by atoms with E-state index in [1.807, 2.05) is 36.4 Å². The molecule has 0 aliphatic carbocycles. The van der Waals surface area contributed by atoms with E-state index >= 15 is 0 Å². The Kier molecular flexibility index (Phi) is 4.70. The van der Waals surface area contributed by atoms with Crippen molar-refractivity contribution in [2.24, 2.45) is 11.6 Å². The number of hydrogen-bond donors (Lipinski definition) is 3. The first-order chi connectivity index (χ1) is 10.2. The number of nitrogens with one attached hydrogen (secondary N) is 1. The maximum atomic E-state index is 8.87. The predicted molar refractivity (Wildman–Crippen MR) is 83.5 cm³/mol. The highest BCUT2D eigenvalue weighted by atomic mass is 15.6. The van der Waals surface area contributed by atoms with Crippen LogP contribution in [0.25, 0.3) is 6.08 Å². The fourth-order valence-corrected chi connectivity index (χ4v) is 1.72. The first-order valence-electron chi connectivity index (χ1n) is 6.36. The highest BCUT2D eigenvalue weighted by Gasteiger charge is 2.03. The maximum Gasteiger partial charge on any atom is 0.290 e. The lowest BCUT2D eigenvalue weighted by Crippen LogP contribution is -2.88. The maximum absolute atomic E-state index is 8.87. The van der Waals surface area contributed by atoms with E-state index < -0.39 is 0 Å². The molecule has 0 bridgehead atoms. The van der Waals surface area contributed by atoms with E-state index in [1.165, 1.54) is 5.12 Å². The number of anilines is 1. The lowest BCUT2D eigenvalue weighted by Gasteiger charge is -2.09. The van der Waals surface area contributed by atoms with Gasteiger partial charge in [0.25, 0.3) is 5.84 Å². The third kappa shape index (κ3) is 4.20. The summed E-state index contributed by atoms with van der Waals surface area (Å²) >= 11 is 0. The smallest absolute Gasteiger partial charge is 0.286 e. The van der Waals surface area contributed by atoms with E-state index in [0.29, 0.717) is 17.1 Å². The largest absolute Gasteiger partial charge is 0.290 e. The molecule has 0 saturated heterocycles. The van der Waals surface area contributed by atoms with Crippen molar-refractivity contribution < 1.29 is 5.10 Å². The fraction of sp³-hybridized carbons (Fsp3) is 0. The summed E-state index contributed by atoms with van der Waals surface area (Å²) in [6.45, 7) is 0. The number of amidine groups is 1. The van der Waals surface area contributed by atoms with Crippen LogP contribution in [0.15, 0.2) is 60.7 Å². The molecule has 5 nitrogen and oxygen atoms in total. The molecular weight excluding hydrogens is 262 g/mol. The minimum absolute atomic E-state index is 0.392. The van der Waals surface area contributed by atoms with E-state index in [2.05, 4.69) is 11.2 Å². The normalized spacial score (nSPS) is 11.3. The summed E-state index contributed by atoms with van der Waals surface area (Å²) in [5, 5.41) is 13.0. The molecule has 2 aromatic carbocycles. The van der Waals surface area contributed by atoms with Gasteiger partial charge in [0.15, 0.2) is 0 Å². The second-order valence-corrected chi connectivity index (χ2v) is 4.34. The molecule has 0 aliphatic heterocycles. The average Bonchev–Trinajstić information content (AvgIpc) is 2.54. The SMILES string of the molecule is N#Cc1cccc(N(N)/[NH+]=C(N)/C=C/c2ccccc2)c1. The number of hydrazone groups is 1. The minimum atomic E-state index is 0.392. The zero-order chi connectivity index (χ0) is 15.1. The molecule has 5 N–H and O–H groups in total. The third-order valence-corrected chi connectivity index (χ3v) is 2.76. The van der Waals surface area contributed by atoms with Gasteiger partial charge < -0.3 is 0 Å². The van der Waals surface area contributed by atoms with Gasteiger partial charge in [-0.2, -0.15) is 15.5 Å². The van der Waals surface area contributed by atoms with Gasteiger partial charge in [0.1, 0.15) is 0 Å². The summed E-state index contributed by atoms with van der Waals surface area (Å²) in [6, 6.07) is 18.8. The average molecular weight is 278 g/mol. The van der Waals surface area contributed by atoms with E-state index in [1.54, 1.807) is 30.3 Å². The van der Waals surface area contributed by atoms with Gasteiger partial charge in [-0.25, -0.2) is 5.84 Å². The van der Waals surface area contributed by atoms with E-state index in [9.17, 15) is 0 Å². The first kappa shape index (κ1) is 14.3. The van der Waals surface area contributed by atoms with Crippen LogP contribution in [0.1, 0.15) is 11.1 Å². The van der Waals surface area contributed by atoms with Gasteiger partial charge in [-0.3, -0.25) is 5.73 Å². The van der Waals surface area contributed by atoms with Gasteiger partial charge in [-0.15, -0.1) is 0 Å². The van der Waals surface area contributed by atoms with Crippen molar-refractivity contribution >= 4 is 17.6 Å². The molecule has 0 heterocycles. The zero-order valence-electron chi connectivity index (χ0n) is 11.4. The van der Waals surface area contributed by atoms with Gasteiger partial charge in [0.05, 0.1) is 17.3 Å². The molecular formula is C16H16N5+. The van der Waals surface area contributed by atoms with Crippen molar-refractivity contribution in [3.8, 4) is 6.07 Å². The molecule has 0 aliphatic rings. The summed E-state index contributed by atoms with van der Waals surface area (Å²) in [5.41, 5.74) is 8.08. The third-order valence-electron chi connectivity index (χ3n) is 2.76. The molecule has 0 amide bonds. The van der Waals surface area contributed by atoms with Gasteiger partial charge >= 0.3 is 0 Å². The topological polar surface area (TPSA) is 93.0 Å². The molecule has 104 valence electrons. The highest BCUT2D eigenvalue weighted by Crippen LogP contribution is 2.09. The van der Waals surface area contributed by atoms with E-state index in [0.717, 1.165) is 5.56 Å². The number of nitrogens with zero attached hydrogens (tertiary/aromatic N) is 2. The van der Waals surface area contributed by atoms with E-state index in [4.69, 9.17) is 16.8 Å². The number of benzene rings is 2. The van der Waals surface area contributed by atoms with Crippen molar-refractivity contribution in [1.29, 1.82) is 5.26 Å². The number of hydrogen-bond acceptors (Lipinski definition) is 3. The second kappa shape index (κ2) is 6.89.